The summed E-state index contributed by atoms with van der Waals surface area (Å²) >= 11 is 0. The Balaban J connectivity index is 1.74. The lowest BCUT2D eigenvalue weighted by Crippen LogP contribution is -2.49. The highest BCUT2D eigenvalue weighted by Crippen LogP contribution is 2.35. The summed E-state index contributed by atoms with van der Waals surface area (Å²) in [5, 5.41) is 26.5. The van der Waals surface area contributed by atoms with Crippen molar-refractivity contribution in [2.24, 2.45) is 7.05 Å². The molecule has 1 aromatic carbocycles. The fraction of sp³-hybridized carbons (Fsp3) is 0.474. The number of aliphatic carboxylic acids is 1. The third kappa shape index (κ3) is 3.56. The number of aryl methyl sites for hydroxylation is 1. The van der Waals surface area contributed by atoms with Gasteiger partial charge in [0.15, 0.2) is 5.82 Å². The molecule has 0 bridgehead atoms. The molecule has 160 valence electrons. The number of anilines is 2. The predicted octanol–water partition coefficient (Wildman–Crippen LogP) is 0.965. The van der Waals surface area contributed by atoms with Crippen LogP contribution in [0.3, 0.4) is 0 Å². The molecule has 0 unspecified atom stereocenters. The molecule has 2 aliphatic heterocycles. The molecular weight excluding hydrogens is 397 g/mol. The largest absolute Gasteiger partial charge is 0.481 e. The second-order valence-electron chi connectivity index (χ2n) is 7.16. The number of fused-ring (bicyclic) bond motifs is 1. The molecule has 0 aliphatic carbocycles. The van der Waals surface area contributed by atoms with Crippen LogP contribution in [0.25, 0.3) is 10.9 Å². The van der Waals surface area contributed by atoms with Crippen LogP contribution in [0.15, 0.2) is 12.1 Å². The van der Waals surface area contributed by atoms with E-state index in [4.69, 9.17) is 10.6 Å². The number of carboxylic acids is 1. The number of hydrogen-bond donors (Lipinski definition) is 3. The minimum absolute atomic E-state index is 0.0432. The van der Waals surface area contributed by atoms with Crippen LogP contribution in [0.1, 0.15) is 31.1 Å². The zero-order valence-corrected chi connectivity index (χ0v) is 16.0. The van der Waals surface area contributed by atoms with E-state index >= 15 is 4.39 Å². The molecule has 3 N–H and O–H groups in total. The number of amides is 3. The Morgan fingerprint density at radius 3 is 2.67 bits per heavy atom. The van der Waals surface area contributed by atoms with Gasteiger partial charge in [0.25, 0.3) is 0 Å². The fourth-order valence-corrected chi connectivity index (χ4v) is 3.54. The van der Waals surface area contributed by atoms with Crippen molar-refractivity contribution in [2.45, 2.75) is 31.2 Å². The number of halogens is 1. The van der Waals surface area contributed by atoms with E-state index in [-0.39, 0.29) is 29.9 Å². The Kier molecular flexibility index (Phi) is 3.77. The van der Waals surface area contributed by atoms with Crippen LogP contribution in [0, 0.1) is 5.82 Å². The van der Waals surface area contributed by atoms with Crippen LogP contribution in [0.5, 0.6) is 0 Å². The normalized spacial score (nSPS) is 24.6. The minimum Gasteiger partial charge on any atom is -0.481 e. The number of carbonyl (C=O) groups is 3. The molecule has 1 aromatic heterocycles. The number of carbonyl (C=O) groups excluding carboxylic acids is 2. The van der Waals surface area contributed by atoms with E-state index in [0.717, 1.165) is 11.0 Å². The number of nitrogens with zero attached hydrogens (tertiary/aromatic N) is 4. The molecule has 10 nitrogen and oxygen atoms in total. The summed E-state index contributed by atoms with van der Waals surface area (Å²) in [6.07, 6.45) is -6.58. The summed E-state index contributed by atoms with van der Waals surface area (Å²) < 4.78 is 49.5. The Morgan fingerprint density at radius 1 is 1.33 bits per heavy atom. The van der Waals surface area contributed by atoms with E-state index < -0.39 is 61.6 Å². The number of rotatable bonds is 4. The van der Waals surface area contributed by atoms with Gasteiger partial charge in [0.2, 0.25) is 5.91 Å². The molecule has 0 atom stereocenters. The Labute approximate surface area is 176 Å². The van der Waals surface area contributed by atoms with Gasteiger partial charge in [-0.2, -0.15) is 5.10 Å². The molecule has 2 aromatic rings. The first-order chi connectivity index (χ1) is 15.7. The van der Waals surface area contributed by atoms with Gasteiger partial charge >= 0.3 is 12.0 Å². The van der Waals surface area contributed by atoms with E-state index in [1.165, 1.54) is 15.6 Å². The summed E-state index contributed by atoms with van der Waals surface area (Å²) in [7, 11) is 1.54. The predicted molar refractivity (Wildman–Crippen MR) is 105 cm³/mol. The number of imide groups is 1. The van der Waals surface area contributed by atoms with Crippen molar-refractivity contribution in [2.75, 3.05) is 29.4 Å². The average Bonchev–Trinajstić information content (AvgIpc) is 3.00. The van der Waals surface area contributed by atoms with Gasteiger partial charge in [-0.05, 0) is 24.9 Å². The molecule has 2 aliphatic rings. The smallest absolute Gasteiger partial charge is 0.329 e. The number of nitrogens with one attached hydrogen (secondary N) is 1. The summed E-state index contributed by atoms with van der Waals surface area (Å²) in [4.78, 5) is 37.1. The molecule has 2 saturated heterocycles. The summed E-state index contributed by atoms with van der Waals surface area (Å²) in [5.74, 6) is -2.74. The number of aromatic nitrogens is 2. The third-order valence-corrected chi connectivity index (χ3v) is 5.08. The maximum absolute atomic E-state index is 15.3. The van der Waals surface area contributed by atoms with Crippen molar-refractivity contribution >= 4 is 40.3 Å². The molecule has 0 saturated carbocycles. The summed E-state index contributed by atoms with van der Waals surface area (Å²) in [5.41, 5.74) is -2.66. The highest BCUT2D eigenvalue weighted by atomic mass is 19.1. The standard InChI is InChI=1S/C19H22FN5O5/c1-23-13-9-14(24-6-3-19(30,4-7-24)10-16(27)28)12(20)8-11(13)17(22-23)25-5-2-15(26)21-18(25)29/h8-9,30H,2-7,10H2,1H3,(H,27,28)(H,21,26,29)/i3D2,4D2. The number of benzene rings is 1. The van der Waals surface area contributed by atoms with Gasteiger partial charge in [0, 0.05) is 44.0 Å². The number of piperidine rings is 1. The van der Waals surface area contributed by atoms with Gasteiger partial charge in [0.05, 0.1) is 23.2 Å². The molecule has 3 amide bonds. The molecule has 11 heteroatoms. The first-order valence-corrected chi connectivity index (χ1v) is 9.13. The van der Waals surface area contributed by atoms with Gasteiger partial charge in [0.1, 0.15) is 5.82 Å². The minimum atomic E-state index is -2.83. The molecule has 3 heterocycles. The first-order valence-electron chi connectivity index (χ1n) is 11.1. The van der Waals surface area contributed by atoms with Crippen LogP contribution < -0.4 is 15.1 Å². The van der Waals surface area contributed by atoms with Crippen LogP contribution in [-0.2, 0) is 16.6 Å². The fourth-order valence-electron chi connectivity index (χ4n) is 3.54. The van der Waals surface area contributed by atoms with Gasteiger partial charge < -0.3 is 15.1 Å². The average molecular weight is 423 g/mol. The van der Waals surface area contributed by atoms with E-state index in [1.807, 2.05) is 0 Å². The van der Waals surface area contributed by atoms with Crippen molar-refractivity contribution in [1.29, 1.82) is 0 Å². The van der Waals surface area contributed by atoms with Gasteiger partial charge in [-0.3, -0.25) is 24.5 Å². The van der Waals surface area contributed by atoms with Crippen molar-refractivity contribution < 1.29 is 34.5 Å². The van der Waals surface area contributed by atoms with E-state index in [1.54, 1.807) is 7.05 Å². The van der Waals surface area contributed by atoms with Gasteiger partial charge in [-0.25, -0.2) is 9.18 Å². The summed E-state index contributed by atoms with van der Waals surface area (Å²) in [6.45, 7) is -1.28. The lowest BCUT2D eigenvalue weighted by molar-refractivity contribution is -0.143. The monoisotopic (exact) mass is 423 g/mol. The Bertz CT molecular complexity index is 1200. The van der Waals surface area contributed by atoms with Gasteiger partial charge in [-0.1, -0.05) is 0 Å². The summed E-state index contributed by atoms with van der Waals surface area (Å²) in [6, 6.07) is 1.71. The molecular formula is C19H22FN5O5. The highest BCUT2D eigenvalue weighted by Gasteiger charge is 2.35. The van der Waals surface area contributed by atoms with Crippen LogP contribution in [0.4, 0.5) is 20.7 Å². The number of hydrogen-bond acceptors (Lipinski definition) is 6. The first kappa shape index (κ1) is 15.6. The third-order valence-electron chi connectivity index (χ3n) is 5.08. The second-order valence-corrected chi connectivity index (χ2v) is 7.16. The van der Waals surface area contributed by atoms with Crippen LogP contribution in [-0.4, -0.2) is 63.1 Å². The number of urea groups is 1. The highest BCUT2D eigenvalue weighted by molar-refractivity contribution is 6.09. The van der Waals surface area contributed by atoms with Crippen molar-refractivity contribution in [3.8, 4) is 0 Å². The van der Waals surface area contributed by atoms with Crippen molar-refractivity contribution in [3.05, 3.63) is 17.9 Å². The Morgan fingerprint density at radius 2 is 2.03 bits per heavy atom. The van der Waals surface area contributed by atoms with Crippen molar-refractivity contribution in [1.82, 2.24) is 15.1 Å². The lowest BCUT2D eigenvalue weighted by atomic mass is 9.88. The van der Waals surface area contributed by atoms with Gasteiger partial charge in [-0.15, -0.1) is 0 Å². The molecule has 4 rings (SSSR count). The lowest BCUT2D eigenvalue weighted by Gasteiger charge is -2.38. The molecule has 30 heavy (non-hydrogen) atoms. The van der Waals surface area contributed by atoms with E-state index in [9.17, 15) is 19.5 Å². The number of carboxylic acid groups (broad SMARTS) is 1. The van der Waals surface area contributed by atoms with Crippen molar-refractivity contribution in [3.63, 3.8) is 0 Å². The Hall–Kier alpha value is -3.21. The van der Waals surface area contributed by atoms with Crippen LogP contribution in [0.2, 0.25) is 0 Å². The molecule has 2 fully saturated rings. The SMILES string of the molecule is [2H]C1([2H])CN(c2cc3c(cc2F)c(N2CCC(=O)NC2=O)nn3C)CC([2H])([2H])C1(O)CC(=O)O. The van der Waals surface area contributed by atoms with E-state index in [0.29, 0.717) is 5.52 Å². The maximum atomic E-state index is 15.3. The molecule has 0 radical (unpaired) electrons. The number of aliphatic hydroxyl groups is 1. The topological polar surface area (TPSA) is 128 Å². The maximum Gasteiger partial charge on any atom is 0.329 e. The zero-order valence-electron chi connectivity index (χ0n) is 20.0. The van der Waals surface area contributed by atoms with Crippen LogP contribution >= 0.6 is 0 Å². The quantitative estimate of drug-likeness (QED) is 0.668. The zero-order chi connectivity index (χ0) is 25.2. The van der Waals surface area contributed by atoms with E-state index in [2.05, 4.69) is 10.4 Å². The second kappa shape index (κ2) is 7.24. The molecule has 0 spiro atoms.